The molecule has 0 aromatic heterocycles. The molecule has 0 heterocycles. The van der Waals surface area contributed by atoms with E-state index in [-0.39, 0.29) is 5.82 Å². The number of benzene rings is 1. The average Bonchev–Trinajstić information content (AvgIpc) is 2.65. The van der Waals surface area contributed by atoms with E-state index in [2.05, 4.69) is 12.3 Å². The Bertz CT molecular complexity index is 351. The zero-order chi connectivity index (χ0) is 10.8. The molecule has 1 aliphatic rings. The first-order valence-electron chi connectivity index (χ1n) is 5.47. The summed E-state index contributed by atoms with van der Waals surface area (Å²) in [5.41, 5.74) is 3.61. The molecule has 0 bridgehead atoms. The molecule has 15 heavy (non-hydrogen) atoms. The molecule has 1 aromatic rings. The fourth-order valence-electron chi connectivity index (χ4n) is 2.47. The fraction of sp³-hybridized carbons (Fsp3) is 0.500. The van der Waals surface area contributed by atoms with Crippen molar-refractivity contribution in [3.05, 3.63) is 29.6 Å². The highest BCUT2D eigenvalue weighted by molar-refractivity contribution is 5.47. The third-order valence-corrected chi connectivity index (χ3v) is 3.32. The van der Waals surface area contributed by atoms with Crippen LogP contribution in [0.1, 0.15) is 37.7 Å². The summed E-state index contributed by atoms with van der Waals surface area (Å²) in [5, 5.41) is 0. The van der Waals surface area contributed by atoms with E-state index in [9.17, 15) is 4.39 Å². The van der Waals surface area contributed by atoms with Gasteiger partial charge in [-0.05, 0) is 36.3 Å². The van der Waals surface area contributed by atoms with Gasteiger partial charge < -0.3 is 5.43 Å². The Kier molecular flexibility index (Phi) is 2.91. The average molecular weight is 208 g/mol. The van der Waals surface area contributed by atoms with Crippen molar-refractivity contribution >= 4 is 5.69 Å². The van der Waals surface area contributed by atoms with Gasteiger partial charge in [-0.3, -0.25) is 5.84 Å². The largest absolute Gasteiger partial charge is 0.321 e. The van der Waals surface area contributed by atoms with Crippen LogP contribution in [0.4, 0.5) is 10.1 Å². The maximum absolute atomic E-state index is 13.9. The predicted octanol–water partition coefficient (Wildman–Crippen LogP) is 3.01. The van der Waals surface area contributed by atoms with E-state index in [4.69, 9.17) is 5.84 Å². The summed E-state index contributed by atoms with van der Waals surface area (Å²) in [6.45, 7) is 2.23. The molecule has 0 aliphatic heterocycles. The number of hydrogen-bond acceptors (Lipinski definition) is 2. The number of rotatable bonds is 2. The first kappa shape index (κ1) is 10.4. The van der Waals surface area contributed by atoms with Crippen molar-refractivity contribution in [3.63, 3.8) is 0 Å². The van der Waals surface area contributed by atoms with Crippen LogP contribution in [-0.4, -0.2) is 0 Å². The van der Waals surface area contributed by atoms with Gasteiger partial charge in [-0.2, -0.15) is 0 Å². The van der Waals surface area contributed by atoms with Gasteiger partial charge in [-0.25, -0.2) is 4.39 Å². The van der Waals surface area contributed by atoms with Crippen molar-refractivity contribution in [1.82, 2.24) is 0 Å². The Labute approximate surface area is 89.6 Å². The fourth-order valence-corrected chi connectivity index (χ4v) is 2.47. The minimum atomic E-state index is -0.181. The Balaban J connectivity index is 2.28. The van der Waals surface area contributed by atoms with Crippen LogP contribution in [0.25, 0.3) is 0 Å². The molecule has 1 aliphatic carbocycles. The Morgan fingerprint density at radius 3 is 2.80 bits per heavy atom. The third kappa shape index (κ3) is 1.97. The van der Waals surface area contributed by atoms with Gasteiger partial charge >= 0.3 is 0 Å². The second kappa shape index (κ2) is 4.19. The van der Waals surface area contributed by atoms with E-state index in [1.165, 1.54) is 6.42 Å². The van der Waals surface area contributed by atoms with E-state index >= 15 is 0 Å². The number of hydrogen-bond donors (Lipinski definition) is 2. The highest BCUT2D eigenvalue weighted by Gasteiger charge is 2.25. The number of nitrogens with one attached hydrogen (secondary N) is 1. The van der Waals surface area contributed by atoms with Crippen LogP contribution >= 0.6 is 0 Å². The summed E-state index contributed by atoms with van der Waals surface area (Å²) < 4.78 is 13.9. The molecule has 2 nitrogen and oxygen atoms in total. The first-order valence-corrected chi connectivity index (χ1v) is 5.47. The zero-order valence-electron chi connectivity index (χ0n) is 8.96. The van der Waals surface area contributed by atoms with Crippen molar-refractivity contribution < 1.29 is 4.39 Å². The lowest BCUT2D eigenvalue weighted by Gasteiger charge is -2.13. The zero-order valence-corrected chi connectivity index (χ0v) is 8.96. The quantitative estimate of drug-likeness (QED) is 0.579. The van der Waals surface area contributed by atoms with Crippen molar-refractivity contribution in [2.24, 2.45) is 11.8 Å². The van der Waals surface area contributed by atoms with Crippen LogP contribution in [0.15, 0.2) is 18.2 Å². The maximum Gasteiger partial charge on any atom is 0.151 e. The van der Waals surface area contributed by atoms with Gasteiger partial charge in [0.05, 0.1) is 5.69 Å². The minimum Gasteiger partial charge on any atom is -0.321 e. The van der Waals surface area contributed by atoms with Crippen LogP contribution in [-0.2, 0) is 0 Å². The topological polar surface area (TPSA) is 38.0 Å². The standard InChI is InChI=1S/C12H17FN2/c1-8-5-6-9(7-8)10-3-2-4-11(15-14)12(10)13/h2-4,8-9,15H,5-7,14H2,1H3. The molecule has 2 unspecified atom stereocenters. The van der Waals surface area contributed by atoms with E-state index < -0.39 is 0 Å². The lowest BCUT2D eigenvalue weighted by atomic mass is 9.95. The molecule has 0 saturated heterocycles. The van der Waals surface area contributed by atoms with Gasteiger partial charge in [-0.1, -0.05) is 25.5 Å². The van der Waals surface area contributed by atoms with Crippen LogP contribution < -0.4 is 11.3 Å². The van der Waals surface area contributed by atoms with E-state index in [0.717, 1.165) is 18.4 Å². The second-order valence-corrected chi connectivity index (χ2v) is 4.47. The number of nitrogen functional groups attached to an aromatic ring is 1. The number of halogens is 1. The van der Waals surface area contributed by atoms with Crippen LogP contribution in [0.2, 0.25) is 0 Å². The smallest absolute Gasteiger partial charge is 0.151 e. The van der Waals surface area contributed by atoms with Gasteiger partial charge in [0, 0.05) is 0 Å². The van der Waals surface area contributed by atoms with Crippen LogP contribution in [0, 0.1) is 11.7 Å². The highest BCUT2D eigenvalue weighted by Crippen LogP contribution is 2.39. The lowest BCUT2D eigenvalue weighted by Crippen LogP contribution is -2.10. The molecule has 0 spiro atoms. The first-order chi connectivity index (χ1) is 7.22. The predicted molar refractivity (Wildman–Crippen MR) is 60.0 cm³/mol. The Morgan fingerprint density at radius 2 is 2.20 bits per heavy atom. The molecule has 0 radical (unpaired) electrons. The Morgan fingerprint density at radius 1 is 1.40 bits per heavy atom. The van der Waals surface area contributed by atoms with E-state index in [1.54, 1.807) is 6.07 Å². The lowest BCUT2D eigenvalue weighted by molar-refractivity contribution is 0.563. The molecule has 3 heteroatoms. The molecule has 1 fully saturated rings. The molecular weight excluding hydrogens is 191 g/mol. The Hall–Kier alpha value is -1.09. The summed E-state index contributed by atoms with van der Waals surface area (Å²) in [4.78, 5) is 0. The van der Waals surface area contributed by atoms with Crippen molar-refractivity contribution in [3.8, 4) is 0 Å². The molecule has 0 amide bonds. The van der Waals surface area contributed by atoms with Crippen molar-refractivity contribution in [2.75, 3.05) is 5.43 Å². The normalized spacial score (nSPS) is 25.5. The molecule has 1 aromatic carbocycles. The molecular formula is C12H17FN2. The number of hydrazine groups is 1. The van der Waals surface area contributed by atoms with Crippen LogP contribution in [0.3, 0.4) is 0 Å². The van der Waals surface area contributed by atoms with E-state index in [1.807, 2.05) is 12.1 Å². The highest BCUT2D eigenvalue weighted by atomic mass is 19.1. The molecule has 1 saturated carbocycles. The van der Waals surface area contributed by atoms with Gasteiger partial charge in [0.25, 0.3) is 0 Å². The maximum atomic E-state index is 13.9. The molecule has 3 N–H and O–H groups in total. The molecule has 2 atom stereocenters. The van der Waals surface area contributed by atoms with Gasteiger partial charge in [0.15, 0.2) is 5.82 Å². The number of anilines is 1. The summed E-state index contributed by atoms with van der Waals surface area (Å²) >= 11 is 0. The van der Waals surface area contributed by atoms with Crippen molar-refractivity contribution in [2.45, 2.75) is 32.1 Å². The summed E-state index contributed by atoms with van der Waals surface area (Å²) in [6.07, 6.45) is 3.38. The SMILES string of the molecule is CC1CCC(c2cccc(NN)c2F)C1. The minimum absolute atomic E-state index is 0.181. The molecule has 82 valence electrons. The third-order valence-electron chi connectivity index (χ3n) is 3.32. The number of nitrogens with two attached hydrogens (primary N) is 1. The van der Waals surface area contributed by atoms with E-state index in [0.29, 0.717) is 17.5 Å². The van der Waals surface area contributed by atoms with Gasteiger partial charge in [0.2, 0.25) is 0 Å². The van der Waals surface area contributed by atoms with Crippen molar-refractivity contribution in [1.29, 1.82) is 0 Å². The summed E-state index contributed by atoms with van der Waals surface area (Å²) in [7, 11) is 0. The second-order valence-electron chi connectivity index (χ2n) is 4.47. The van der Waals surface area contributed by atoms with Gasteiger partial charge in [-0.15, -0.1) is 0 Å². The summed E-state index contributed by atoms with van der Waals surface area (Å²) in [6, 6.07) is 5.40. The summed E-state index contributed by atoms with van der Waals surface area (Å²) in [5.74, 6) is 6.15. The molecule has 2 rings (SSSR count). The monoisotopic (exact) mass is 208 g/mol. The van der Waals surface area contributed by atoms with Gasteiger partial charge in [0.1, 0.15) is 0 Å². The van der Waals surface area contributed by atoms with Crippen LogP contribution in [0.5, 0.6) is 0 Å².